The normalized spacial score (nSPS) is 28.3. The van der Waals surface area contributed by atoms with Crippen molar-refractivity contribution in [3.63, 3.8) is 0 Å². The van der Waals surface area contributed by atoms with Crippen LogP contribution in [0.2, 0.25) is 19.6 Å². The number of halogens is 3. The minimum atomic E-state index is -5.67. The van der Waals surface area contributed by atoms with Crippen LogP contribution in [0.4, 0.5) is 13.2 Å². The Hall–Kier alpha value is -0.553. The Morgan fingerprint density at radius 3 is 2.36 bits per heavy atom. The van der Waals surface area contributed by atoms with Gasteiger partial charge >= 0.3 is 15.6 Å². The Morgan fingerprint density at radius 1 is 1.24 bits per heavy atom. The third-order valence-corrected chi connectivity index (χ3v) is 13.8. The van der Waals surface area contributed by atoms with E-state index in [1.54, 1.807) is 30.3 Å². The van der Waals surface area contributed by atoms with Gasteiger partial charge in [-0.3, -0.25) is 0 Å². The smallest absolute Gasteiger partial charge is 0.379 e. The lowest BCUT2D eigenvalue weighted by Gasteiger charge is -2.50. The molecule has 1 heterocycles. The fraction of sp³-hybridized carbons (Fsp3) is 0.600. The van der Waals surface area contributed by atoms with Crippen molar-refractivity contribution in [2.45, 2.75) is 30.4 Å². The monoisotopic (exact) mass is 416 g/mol. The summed E-state index contributed by atoms with van der Waals surface area (Å²) in [6.07, 6.45) is 0. The maximum atomic E-state index is 13.0. The molecule has 4 nitrogen and oxygen atoms in total. The molecule has 1 aliphatic rings. The van der Waals surface area contributed by atoms with Crippen molar-refractivity contribution in [1.29, 1.82) is 0 Å². The number of benzene rings is 1. The molecule has 2 atom stereocenters. The van der Waals surface area contributed by atoms with Crippen molar-refractivity contribution in [3.05, 3.63) is 35.9 Å². The fourth-order valence-electron chi connectivity index (χ4n) is 2.90. The van der Waals surface area contributed by atoms with Crippen LogP contribution >= 0.6 is 10.3 Å². The highest BCUT2D eigenvalue weighted by Gasteiger charge is 2.54. The maximum absolute atomic E-state index is 13.0. The Balaban J connectivity index is 2.52. The number of ether oxygens (including phenoxy) is 1. The van der Waals surface area contributed by atoms with E-state index in [2.05, 4.69) is 0 Å². The minimum absolute atomic E-state index is 0.164. The van der Waals surface area contributed by atoms with Crippen LogP contribution in [0.5, 0.6) is 0 Å². The zero-order valence-corrected chi connectivity index (χ0v) is 17.0. The highest BCUT2D eigenvalue weighted by molar-refractivity contribution is 8.34. The summed E-state index contributed by atoms with van der Waals surface area (Å²) < 4.78 is 73.2. The van der Waals surface area contributed by atoms with E-state index in [1.807, 2.05) is 19.6 Å². The van der Waals surface area contributed by atoms with Crippen LogP contribution in [-0.2, 0) is 18.5 Å². The fourth-order valence-corrected chi connectivity index (χ4v) is 14.8. The first-order valence-electron chi connectivity index (χ1n) is 7.79. The highest BCUT2D eigenvalue weighted by Crippen LogP contribution is 2.65. The Labute approximate surface area is 149 Å². The summed E-state index contributed by atoms with van der Waals surface area (Å²) >= 11 is 0. The summed E-state index contributed by atoms with van der Waals surface area (Å²) in [5.41, 5.74) is -4.67. The summed E-state index contributed by atoms with van der Waals surface area (Å²) in [7, 11) is -10.2. The summed E-state index contributed by atoms with van der Waals surface area (Å²) in [6, 6.07) is 8.93. The molecular formula is C15H23F3O4S2Si. The first-order chi connectivity index (χ1) is 11.4. The molecule has 1 aliphatic heterocycles. The average Bonchev–Trinajstić information content (AvgIpc) is 2.45. The second kappa shape index (κ2) is 7.22. The summed E-state index contributed by atoms with van der Waals surface area (Å²) in [5, 5.41) is -0.121. The molecular weight excluding hydrogens is 393 g/mol. The number of hydrogen-bond donors (Lipinski definition) is 0. The van der Waals surface area contributed by atoms with Gasteiger partial charge in [0.15, 0.2) is 0 Å². The standard InChI is InChI=1S/C15H23F3O4S2Si/c1-25(2,3)12-23(22-24(19,20)15(16,17)18)10-9-21-11-14(23)13-7-5-4-6-8-13/h4-8,14H,9-12H2,1-3H3. The Morgan fingerprint density at radius 2 is 1.84 bits per heavy atom. The molecule has 0 amide bonds. The molecule has 1 fully saturated rings. The number of alkyl halides is 3. The lowest BCUT2D eigenvalue weighted by atomic mass is 10.1. The van der Waals surface area contributed by atoms with Gasteiger partial charge in [-0.25, -0.2) is 3.63 Å². The second-order valence-electron chi connectivity index (χ2n) is 7.22. The van der Waals surface area contributed by atoms with Crippen molar-refractivity contribution in [2.75, 3.05) is 24.3 Å². The van der Waals surface area contributed by atoms with Gasteiger partial charge in [-0.1, -0.05) is 50.0 Å². The third-order valence-electron chi connectivity index (χ3n) is 3.72. The van der Waals surface area contributed by atoms with E-state index in [1.165, 1.54) is 0 Å². The van der Waals surface area contributed by atoms with E-state index in [-0.39, 0.29) is 19.0 Å². The van der Waals surface area contributed by atoms with Crippen LogP contribution in [0.15, 0.2) is 30.3 Å². The SMILES string of the molecule is C[Si](C)(C)CS1(OS(=O)(=O)C(F)(F)F)CCOCC1c1ccccc1. The van der Waals surface area contributed by atoms with Gasteiger partial charge in [0.1, 0.15) is 0 Å². The molecule has 0 saturated carbocycles. The maximum Gasteiger partial charge on any atom is 0.523 e. The van der Waals surface area contributed by atoms with Crippen molar-refractivity contribution in [1.82, 2.24) is 0 Å². The molecule has 0 bridgehead atoms. The molecule has 2 rings (SSSR count). The molecule has 10 heteroatoms. The molecule has 144 valence electrons. The molecule has 1 aromatic carbocycles. The van der Waals surface area contributed by atoms with E-state index in [0.717, 1.165) is 5.56 Å². The van der Waals surface area contributed by atoms with Crippen molar-refractivity contribution in [3.8, 4) is 0 Å². The first-order valence-corrected chi connectivity index (χ1v) is 14.9. The van der Waals surface area contributed by atoms with Crippen LogP contribution in [0.3, 0.4) is 0 Å². The van der Waals surface area contributed by atoms with Gasteiger partial charge in [0.2, 0.25) is 0 Å². The summed E-state index contributed by atoms with van der Waals surface area (Å²) in [5.74, 6) is 0.187. The van der Waals surface area contributed by atoms with Crippen LogP contribution in [0.1, 0.15) is 10.8 Å². The molecule has 1 aromatic rings. The quantitative estimate of drug-likeness (QED) is 0.533. The molecule has 0 spiro atoms. The second-order valence-corrected chi connectivity index (χ2v) is 18.1. The molecule has 1 saturated heterocycles. The van der Waals surface area contributed by atoms with Crippen LogP contribution < -0.4 is 0 Å². The van der Waals surface area contributed by atoms with Crippen molar-refractivity contribution in [2.24, 2.45) is 0 Å². The zero-order valence-electron chi connectivity index (χ0n) is 14.4. The Kier molecular flexibility index (Phi) is 6.00. The summed E-state index contributed by atoms with van der Waals surface area (Å²) in [6.45, 7) is 6.38. The van der Waals surface area contributed by atoms with Gasteiger partial charge in [0, 0.05) is 5.75 Å². The van der Waals surface area contributed by atoms with Crippen LogP contribution in [0.25, 0.3) is 0 Å². The highest BCUT2D eigenvalue weighted by atomic mass is 32.3. The van der Waals surface area contributed by atoms with Crippen molar-refractivity contribution < 1.29 is 30.0 Å². The summed E-state index contributed by atoms with van der Waals surface area (Å²) in [4.78, 5) is 0. The molecule has 0 radical (unpaired) electrons. The van der Waals surface area contributed by atoms with E-state index in [9.17, 15) is 21.6 Å². The van der Waals surface area contributed by atoms with Crippen LogP contribution in [0, 0.1) is 0 Å². The third kappa shape index (κ3) is 5.00. The topological polar surface area (TPSA) is 52.6 Å². The predicted octanol–water partition coefficient (Wildman–Crippen LogP) is 4.22. The minimum Gasteiger partial charge on any atom is -0.379 e. The number of hydrogen-bond acceptors (Lipinski definition) is 4. The lowest BCUT2D eigenvalue weighted by molar-refractivity contribution is -0.0497. The molecule has 25 heavy (non-hydrogen) atoms. The molecule has 0 N–H and O–H groups in total. The van der Waals surface area contributed by atoms with E-state index in [0.29, 0.717) is 5.38 Å². The first kappa shape index (κ1) is 20.8. The van der Waals surface area contributed by atoms with Gasteiger partial charge in [-0.2, -0.15) is 21.6 Å². The van der Waals surface area contributed by atoms with Gasteiger partial charge in [0.25, 0.3) is 0 Å². The van der Waals surface area contributed by atoms with Crippen molar-refractivity contribution >= 4 is 28.5 Å². The molecule has 2 unspecified atom stereocenters. The van der Waals surface area contributed by atoms with Gasteiger partial charge in [-0.15, -0.1) is 10.3 Å². The lowest BCUT2D eigenvalue weighted by Crippen LogP contribution is -2.42. The average molecular weight is 417 g/mol. The molecule has 0 aromatic heterocycles. The van der Waals surface area contributed by atoms with Gasteiger partial charge in [-0.05, 0) is 10.9 Å². The van der Waals surface area contributed by atoms with Gasteiger partial charge in [0.05, 0.1) is 26.5 Å². The largest absolute Gasteiger partial charge is 0.523 e. The molecule has 0 aliphatic carbocycles. The van der Waals surface area contributed by atoms with E-state index < -0.39 is 39.3 Å². The zero-order chi connectivity index (χ0) is 18.9. The number of rotatable bonds is 5. The Bertz CT molecular complexity index is 689. The van der Waals surface area contributed by atoms with Crippen LogP contribution in [-0.4, -0.2) is 46.3 Å². The van der Waals surface area contributed by atoms with E-state index >= 15 is 0 Å². The predicted molar refractivity (Wildman–Crippen MR) is 96.7 cm³/mol. The van der Waals surface area contributed by atoms with Gasteiger partial charge < -0.3 is 4.74 Å². The van der Waals surface area contributed by atoms with E-state index in [4.69, 9.17) is 8.37 Å².